The zero-order valence-corrected chi connectivity index (χ0v) is 17.8. The van der Waals surface area contributed by atoms with E-state index >= 15 is 0 Å². The molecule has 0 spiro atoms. The van der Waals surface area contributed by atoms with Gasteiger partial charge in [-0.25, -0.2) is 14.6 Å². The van der Waals surface area contributed by atoms with Crippen LogP contribution in [-0.2, 0) is 4.79 Å². The topological polar surface area (TPSA) is 76.4 Å². The maximum absolute atomic E-state index is 12.9. The van der Waals surface area contributed by atoms with Gasteiger partial charge in [0.15, 0.2) is 5.65 Å². The third kappa shape index (κ3) is 3.69. The third-order valence-electron chi connectivity index (χ3n) is 5.81. The van der Waals surface area contributed by atoms with E-state index in [0.29, 0.717) is 6.54 Å². The molecular weight excluding hydrogens is 380 g/mol. The maximum atomic E-state index is 12.9. The number of aromatic nitrogens is 4. The Morgan fingerprint density at radius 2 is 1.97 bits per heavy atom. The van der Waals surface area contributed by atoms with Gasteiger partial charge in [0.2, 0.25) is 5.91 Å². The summed E-state index contributed by atoms with van der Waals surface area (Å²) in [7, 11) is 1.65. The molecule has 1 aliphatic heterocycles. The van der Waals surface area contributed by atoms with Gasteiger partial charge in [-0.3, -0.25) is 4.79 Å². The summed E-state index contributed by atoms with van der Waals surface area (Å²) in [6, 6.07) is 7.71. The number of hydrogen-bond donors (Lipinski definition) is 0. The van der Waals surface area contributed by atoms with Gasteiger partial charge in [-0.05, 0) is 51.0 Å². The summed E-state index contributed by atoms with van der Waals surface area (Å²) < 4.78 is 7.05. The molecule has 3 aromatic rings. The highest BCUT2D eigenvalue weighted by Crippen LogP contribution is 2.29. The minimum atomic E-state index is 0.000276. The summed E-state index contributed by atoms with van der Waals surface area (Å²) in [5, 5.41) is 5.45. The molecule has 0 saturated carbocycles. The van der Waals surface area contributed by atoms with Crippen molar-refractivity contribution in [1.29, 1.82) is 0 Å². The van der Waals surface area contributed by atoms with Gasteiger partial charge in [0, 0.05) is 26.2 Å². The van der Waals surface area contributed by atoms with Crippen molar-refractivity contribution in [3.63, 3.8) is 0 Å². The van der Waals surface area contributed by atoms with Crippen LogP contribution in [0.15, 0.2) is 36.8 Å². The molecular formula is C22H28N6O2. The second kappa shape index (κ2) is 8.69. The molecule has 4 rings (SSSR count). The zero-order chi connectivity index (χ0) is 21.1. The quantitative estimate of drug-likeness (QED) is 0.624. The van der Waals surface area contributed by atoms with Crippen LogP contribution in [0.2, 0.25) is 0 Å². The van der Waals surface area contributed by atoms with E-state index in [0.717, 1.165) is 60.8 Å². The standard InChI is InChI=1S/C22H28N6O2/c1-4-26(5-2)22(29)16-7-6-12-27(14-16)20-19-13-25-28(21(19)24-15-23-20)17-8-10-18(30-3)11-9-17/h8-11,13,15-16H,4-7,12,14H2,1-3H3. The predicted molar refractivity (Wildman–Crippen MR) is 116 cm³/mol. The highest BCUT2D eigenvalue weighted by molar-refractivity contribution is 5.88. The molecule has 0 N–H and O–H groups in total. The molecule has 1 fully saturated rings. The van der Waals surface area contributed by atoms with Gasteiger partial charge in [-0.2, -0.15) is 5.10 Å². The zero-order valence-electron chi connectivity index (χ0n) is 17.8. The Morgan fingerprint density at radius 1 is 1.20 bits per heavy atom. The Hall–Kier alpha value is -3.16. The number of carbonyl (C=O) groups is 1. The molecule has 2 aromatic heterocycles. The van der Waals surface area contributed by atoms with Crippen molar-refractivity contribution in [3.8, 4) is 11.4 Å². The number of carbonyl (C=O) groups excluding carboxylic acids is 1. The van der Waals surface area contributed by atoms with Crippen molar-refractivity contribution in [2.24, 2.45) is 5.92 Å². The van der Waals surface area contributed by atoms with Gasteiger partial charge in [-0.15, -0.1) is 0 Å². The van der Waals surface area contributed by atoms with Crippen LogP contribution in [0.1, 0.15) is 26.7 Å². The van der Waals surface area contributed by atoms with E-state index in [2.05, 4.69) is 20.0 Å². The summed E-state index contributed by atoms with van der Waals surface area (Å²) in [5.41, 5.74) is 1.66. The van der Waals surface area contributed by atoms with Gasteiger partial charge < -0.3 is 14.5 Å². The molecule has 1 amide bonds. The molecule has 8 heteroatoms. The van der Waals surface area contributed by atoms with Gasteiger partial charge in [0.05, 0.1) is 30.3 Å². The number of hydrogen-bond acceptors (Lipinski definition) is 6. The lowest BCUT2D eigenvalue weighted by atomic mass is 9.96. The molecule has 3 heterocycles. The number of anilines is 1. The van der Waals surface area contributed by atoms with Crippen molar-refractivity contribution in [1.82, 2.24) is 24.6 Å². The number of amides is 1. The van der Waals surface area contributed by atoms with Crippen molar-refractivity contribution < 1.29 is 9.53 Å². The average Bonchev–Trinajstić information content (AvgIpc) is 3.24. The fourth-order valence-electron chi connectivity index (χ4n) is 4.16. The monoisotopic (exact) mass is 408 g/mol. The smallest absolute Gasteiger partial charge is 0.227 e. The Bertz CT molecular complexity index is 1010. The number of methoxy groups -OCH3 is 1. The number of ether oxygens (including phenoxy) is 1. The number of benzene rings is 1. The van der Waals surface area contributed by atoms with E-state index < -0.39 is 0 Å². The van der Waals surface area contributed by atoms with E-state index in [1.54, 1.807) is 13.4 Å². The minimum absolute atomic E-state index is 0.000276. The summed E-state index contributed by atoms with van der Waals surface area (Å²) in [5.74, 6) is 1.88. The molecule has 1 aliphatic rings. The summed E-state index contributed by atoms with van der Waals surface area (Å²) in [4.78, 5) is 26.1. The van der Waals surface area contributed by atoms with Crippen LogP contribution >= 0.6 is 0 Å². The Balaban J connectivity index is 1.63. The van der Waals surface area contributed by atoms with E-state index in [1.807, 2.05) is 53.9 Å². The lowest BCUT2D eigenvalue weighted by molar-refractivity contribution is -0.135. The Labute approximate surface area is 176 Å². The number of fused-ring (bicyclic) bond motifs is 1. The van der Waals surface area contributed by atoms with E-state index in [9.17, 15) is 4.79 Å². The van der Waals surface area contributed by atoms with Crippen LogP contribution in [-0.4, -0.2) is 63.8 Å². The largest absolute Gasteiger partial charge is 0.497 e. The molecule has 1 atom stereocenters. The lowest BCUT2D eigenvalue weighted by Crippen LogP contribution is -2.45. The summed E-state index contributed by atoms with van der Waals surface area (Å²) in [6.45, 7) is 7.11. The van der Waals surface area contributed by atoms with Crippen LogP contribution in [0.4, 0.5) is 5.82 Å². The number of nitrogens with zero attached hydrogens (tertiary/aromatic N) is 6. The van der Waals surface area contributed by atoms with Crippen LogP contribution in [0.5, 0.6) is 5.75 Å². The predicted octanol–water partition coefficient (Wildman–Crippen LogP) is 2.91. The Morgan fingerprint density at radius 3 is 2.67 bits per heavy atom. The highest BCUT2D eigenvalue weighted by atomic mass is 16.5. The minimum Gasteiger partial charge on any atom is -0.497 e. The first kappa shape index (κ1) is 20.1. The van der Waals surface area contributed by atoms with Crippen molar-refractivity contribution in [3.05, 3.63) is 36.8 Å². The molecule has 0 aliphatic carbocycles. The normalized spacial score (nSPS) is 16.6. The first-order valence-electron chi connectivity index (χ1n) is 10.5. The number of piperidine rings is 1. The molecule has 1 saturated heterocycles. The van der Waals surface area contributed by atoms with Crippen LogP contribution < -0.4 is 9.64 Å². The molecule has 158 valence electrons. The molecule has 0 radical (unpaired) electrons. The summed E-state index contributed by atoms with van der Waals surface area (Å²) in [6.07, 6.45) is 5.28. The molecule has 1 aromatic carbocycles. The van der Waals surface area contributed by atoms with Crippen molar-refractivity contribution in [2.45, 2.75) is 26.7 Å². The highest BCUT2D eigenvalue weighted by Gasteiger charge is 2.30. The van der Waals surface area contributed by atoms with Crippen LogP contribution in [0, 0.1) is 5.92 Å². The van der Waals surface area contributed by atoms with Crippen LogP contribution in [0.3, 0.4) is 0 Å². The van der Waals surface area contributed by atoms with Gasteiger partial charge >= 0.3 is 0 Å². The van der Waals surface area contributed by atoms with E-state index in [1.165, 1.54) is 0 Å². The fraction of sp³-hybridized carbons (Fsp3) is 0.455. The Kier molecular flexibility index (Phi) is 5.83. The molecule has 30 heavy (non-hydrogen) atoms. The lowest BCUT2D eigenvalue weighted by Gasteiger charge is -2.35. The van der Waals surface area contributed by atoms with Crippen molar-refractivity contribution >= 4 is 22.8 Å². The number of rotatable bonds is 6. The van der Waals surface area contributed by atoms with Crippen LogP contribution in [0.25, 0.3) is 16.7 Å². The van der Waals surface area contributed by atoms with Gasteiger partial charge in [0.1, 0.15) is 17.9 Å². The third-order valence-corrected chi connectivity index (χ3v) is 5.81. The SMILES string of the molecule is CCN(CC)C(=O)C1CCCN(c2ncnc3c2cnn3-c2ccc(OC)cc2)C1. The maximum Gasteiger partial charge on any atom is 0.227 e. The second-order valence-corrected chi connectivity index (χ2v) is 7.48. The molecule has 1 unspecified atom stereocenters. The van der Waals surface area contributed by atoms with Crippen molar-refractivity contribution in [2.75, 3.05) is 38.2 Å². The van der Waals surface area contributed by atoms with E-state index in [-0.39, 0.29) is 11.8 Å². The first-order valence-corrected chi connectivity index (χ1v) is 10.5. The van der Waals surface area contributed by atoms with Gasteiger partial charge in [-0.1, -0.05) is 0 Å². The average molecular weight is 409 g/mol. The second-order valence-electron chi connectivity index (χ2n) is 7.48. The molecule has 0 bridgehead atoms. The van der Waals surface area contributed by atoms with E-state index in [4.69, 9.17) is 4.74 Å². The molecule has 8 nitrogen and oxygen atoms in total. The first-order chi connectivity index (χ1) is 14.7. The summed E-state index contributed by atoms with van der Waals surface area (Å²) >= 11 is 0. The fourth-order valence-corrected chi connectivity index (χ4v) is 4.16. The van der Waals surface area contributed by atoms with Gasteiger partial charge in [0.25, 0.3) is 0 Å².